The van der Waals surface area contributed by atoms with Gasteiger partial charge in [0.15, 0.2) is 17.2 Å². The second-order valence-corrected chi connectivity index (χ2v) is 12.9. The van der Waals surface area contributed by atoms with Crippen LogP contribution in [-0.2, 0) is 11.4 Å². The lowest BCUT2D eigenvalue weighted by Crippen LogP contribution is -2.28. The van der Waals surface area contributed by atoms with E-state index in [1.807, 2.05) is 17.1 Å². The van der Waals surface area contributed by atoms with Crippen LogP contribution in [0.4, 0.5) is 11.4 Å². The summed E-state index contributed by atoms with van der Waals surface area (Å²) in [6.07, 6.45) is 1.72. The maximum Gasteiger partial charge on any atom is 0.180 e. The molecule has 5 aliphatic rings. The first-order valence-electron chi connectivity index (χ1n) is 11.1. The van der Waals surface area contributed by atoms with Crippen LogP contribution >= 0.6 is 46.2 Å². The largest absolute Gasteiger partial charge is 0.487 e. The van der Waals surface area contributed by atoms with E-state index in [4.69, 9.17) is 31.7 Å². The van der Waals surface area contributed by atoms with Gasteiger partial charge in [-0.15, -0.1) is 34.4 Å². The number of hydrogen-bond donors (Lipinski definition) is 0. The van der Waals surface area contributed by atoms with E-state index in [0.717, 1.165) is 84.0 Å². The molecule has 0 bridgehead atoms. The molecule has 3 unspecified atom stereocenters. The van der Waals surface area contributed by atoms with Gasteiger partial charge in [0.1, 0.15) is 41.7 Å². The van der Waals surface area contributed by atoms with Crippen LogP contribution in [0.1, 0.15) is 6.42 Å². The van der Waals surface area contributed by atoms with Gasteiger partial charge in [-0.3, -0.25) is 0 Å². The number of fused-ring (bicyclic) bond motifs is 5. The van der Waals surface area contributed by atoms with Gasteiger partial charge in [-0.1, -0.05) is 0 Å². The third-order valence-electron chi connectivity index (χ3n) is 7.23. The summed E-state index contributed by atoms with van der Waals surface area (Å²) >= 11 is 7.68. The molecule has 0 amide bonds. The van der Waals surface area contributed by atoms with E-state index >= 15 is 0 Å². The van der Waals surface area contributed by atoms with Gasteiger partial charge in [-0.25, -0.2) is 0 Å². The summed E-state index contributed by atoms with van der Waals surface area (Å²) in [6.45, 7) is 1.10. The molecule has 0 spiro atoms. The molecular formula is C22H14N4O3S5. The molecule has 6 heterocycles. The lowest BCUT2D eigenvalue weighted by Gasteiger charge is -2.26. The predicted molar refractivity (Wildman–Crippen MR) is 137 cm³/mol. The third kappa shape index (κ3) is 2.53. The van der Waals surface area contributed by atoms with Crippen LogP contribution in [0.15, 0.2) is 24.4 Å². The molecule has 0 saturated heterocycles. The molecule has 12 heteroatoms. The van der Waals surface area contributed by atoms with E-state index in [9.17, 15) is 0 Å². The van der Waals surface area contributed by atoms with Crippen LogP contribution in [0.5, 0.6) is 17.2 Å². The van der Waals surface area contributed by atoms with Crippen molar-refractivity contribution in [3.05, 3.63) is 10.8 Å². The van der Waals surface area contributed by atoms with Gasteiger partial charge in [-0.2, -0.15) is 17.5 Å². The Labute approximate surface area is 213 Å². The zero-order valence-electron chi connectivity index (χ0n) is 17.3. The Morgan fingerprint density at radius 2 is 1.59 bits per heavy atom. The summed E-state index contributed by atoms with van der Waals surface area (Å²) in [5.41, 5.74) is 5.31. The number of nitrogens with zero attached hydrogens (tertiary/aromatic N) is 4. The Morgan fingerprint density at radius 1 is 0.853 bits per heavy atom. The molecule has 0 N–H and O–H groups in total. The van der Waals surface area contributed by atoms with Gasteiger partial charge < -0.3 is 14.2 Å². The summed E-state index contributed by atoms with van der Waals surface area (Å²) in [5.74, 6) is 6.19. The molecule has 3 aromatic heterocycles. The maximum absolute atomic E-state index is 6.68. The van der Waals surface area contributed by atoms with Gasteiger partial charge >= 0.3 is 0 Å². The van der Waals surface area contributed by atoms with Gasteiger partial charge in [0, 0.05) is 22.4 Å². The zero-order chi connectivity index (χ0) is 22.0. The topological polar surface area (TPSA) is 78.2 Å². The van der Waals surface area contributed by atoms with Crippen molar-refractivity contribution in [2.75, 3.05) is 19.0 Å². The number of aromatic nitrogens is 2. The molecule has 170 valence electrons. The Hall–Kier alpha value is -1.99. The van der Waals surface area contributed by atoms with E-state index in [1.54, 1.807) is 22.7 Å². The fourth-order valence-corrected chi connectivity index (χ4v) is 9.77. The summed E-state index contributed by atoms with van der Waals surface area (Å²) in [4.78, 5) is 3.29. The van der Waals surface area contributed by atoms with Crippen LogP contribution in [0.3, 0.4) is 0 Å². The number of rotatable bonds is 3. The van der Waals surface area contributed by atoms with Crippen molar-refractivity contribution in [3.63, 3.8) is 0 Å². The smallest absolute Gasteiger partial charge is 0.180 e. The van der Waals surface area contributed by atoms with Crippen molar-refractivity contribution in [2.45, 2.75) is 17.4 Å². The Bertz CT molecular complexity index is 1610. The second kappa shape index (κ2) is 6.82. The SMILES string of the molecule is c1sc(-c2c3c(c(-c4scc5c4OC(C4C6CC64)CS5)c4nsnc24)N=S=N3)c2c1OCCO2. The highest BCUT2D eigenvalue weighted by molar-refractivity contribution is 7.99. The van der Waals surface area contributed by atoms with E-state index in [0.29, 0.717) is 19.3 Å². The first kappa shape index (κ1) is 19.2. The van der Waals surface area contributed by atoms with E-state index in [1.165, 1.54) is 34.4 Å². The summed E-state index contributed by atoms with van der Waals surface area (Å²) < 4.78 is 37.5. The van der Waals surface area contributed by atoms with Crippen LogP contribution < -0.4 is 14.2 Å². The van der Waals surface area contributed by atoms with Gasteiger partial charge in [0.2, 0.25) is 0 Å². The van der Waals surface area contributed by atoms with Crippen molar-refractivity contribution in [3.8, 4) is 38.1 Å². The quantitative estimate of drug-likeness (QED) is 0.251. The summed E-state index contributed by atoms with van der Waals surface area (Å²) in [7, 11) is 0. The number of benzene rings is 1. The van der Waals surface area contributed by atoms with Crippen molar-refractivity contribution in [1.29, 1.82) is 0 Å². The fraction of sp³-hybridized carbons (Fsp3) is 0.364. The van der Waals surface area contributed by atoms with Crippen molar-refractivity contribution < 1.29 is 14.2 Å². The Balaban J connectivity index is 1.25. The molecule has 0 radical (unpaired) electrons. The monoisotopic (exact) mass is 542 g/mol. The fourth-order valence-electron chi connectivity index (χ4n) is 5.37. The predicted octanol–water partition coefficient (Wildman–Crippen LogP) is 6.76. The molecule has 3 atom stereocenters. The Morgan fingerprint density at radius 3 is 2.35 bits per heavy atom. The van der Waals surface area contributed by atoms with Crippen molar-refractivity contribution >= 4 is 79.9 Å². The molecular weight excluding hydrogens is 529 g/mol. The number of hydrogen-bond acceptors (Lipinski definition) is 11. The van der Waals surface area contributed by atoms with Gasteiger partial charge in [0.25, 0.3) is 0 Å². The number of thioether (sulfide) groups is 1. The molecule has 2 aliphatic carbocycles. The minimum Gasteiger partial charge on any atom is -0.487 e. The van der Waals surface area contributed by atoms with E-state index in [-0.39, 0.29) is 0 Å². The van der Waals surface area contributed by atoms with Crippen LogP contribution in [0.25, 0.3) is 31.9 Å². The molecule has 2 fully saturated rings. The van der Waals surface area contributed by atoms with Gasteiger partial charge in [-0.05, 0) is 18.3 Å². The lowest BCUT2D eigenvalue weighted by atomic mass is 10.00. The van der Waals surface area contributed by atoms with Crippen molar-refractivity contribution in [2.24, 2.45) is 26.5 Å². The zero-order valence-corrected chi connectivity index (χ0v) is 21.4. The molecule has 2 saturated carbocycles. The molecule has 4 aromatic rings. The third-order valence-corrected chi connectivity index (χ3v) is 11.5. The highest BCUT2D eigenvalue weighted by Crippen LogP contribution is 2.71. The highest BCUT2D eigenvalue weighted by Gasteiger charge is 2.67. The summed E-state index contributed by atoms with van der Waals surface area (Å²) in [6, 6.07) is 0. The average molecular weight is 543 g/mol. The van der Waals surface area contributed by atoms with Crippen LogP contribution in [0, 0.1) is 17.8 Å². The molecule has 1 aromatic carbocycles. The normalized spacial score (nSPS) is 27.1. The second-order valence-electron chi connectivity index (χ2n) is 8.99. The van der Waals surface area contributed by atoms with Crippen LogP contribution in [-0.4, -0.2) is 33.8 Å². The van der Waals surface area contributed by atoms with Crippen LogP contribution in [0.2, 0.25) is 0 Å². The van der Waals surface area contributed by atoms with E-state index < -0.39 is 0 Å². The van der Waals surface area contributed by atoms with Gasteiger partial charge in [0.05, 0.1) is 48.9 Å². The van der Waals surface area contributed by atoms with Crippen molar-refractivity contribution in [1.82, 2.24) is 8.75 Å². The lowest BCUT2D eigenvalue weighted by molar-refractivity contribution is 0.171. The summed E-state index contributed by atoms with van der Waals surface area (Å²) in [5, 5.41) is 4.21. The first-order valence-corrected chi connectivity index (χ1v) is 15.3. The maximum atomic E-state index is 6.68. The molecule has 9 rings (SSSR count). The molecule has 34 heavy (non-hydrogen) atoms. The number of ether oxygens (including phenoxy) is 3. The first-order chi connectivity index (χ1) is 16.9. The Kier molecular flexibility index (Phi) is 3.85. The van der Waals surface area contributed by atoms with E-state index in [2.05, 4.69) is 5.38 Å². The molecule has 7 nitrogen and oxygen atoms in total. The highest BCUT2D eigenvalue weighted by atomic mass is 32.2. The average Bonchev–Trinajstić information content (AvgIpc) is 3.41. The minimum atomic E-state index is 0.316. The molecule has 3 aliphatic heterocycles. The number of thiophene rings is 2. The standard InChI is InChI=1S/C22H14N4O3S5/c1-2-28-19-10(27-1)5-31-21(19)13-15-17(25-33-23-15)14(18-16(13)24-34-26-18)22-20-11(6-32-22)30-4-9(29-20)12-7-3-8(7)12/h5-9,12H,1-4H2. The minimum absolute atomic E-state index is 0.316.